The first-order valence-electron chi connectivity index (χ1n) is 23.5. The van der Waals surface area contributed by atoms with Crippen LogP contribution in [-0.2, 0) is 0 Å². The van der Waals surface area contributed by atoms with E-state index in [2.05, 4.69) is 9.97 Å². The summed E-state index contributed by atoms with van der Waals surface area (Å²) in [4.78, 5) is 10.3. The first kappa shape index (κ1) is 65.3. The van der Waals surface area contributed by atoms with Crippen LogP contribution in [-0.4, -0.2) is 70.3 Å². The highest BCUT2D eigenvalue weighted by atomic mass is 19.4. The van der Waals surface area contributed by atoms with Crippen LogP contribution in [0.1, 0.15) is 93.2 Å². The highest BCUT2D eigenvalue weighted by Gasteiger charge is 2.46. The Morgan fingerprint density at radius 3 is 1.53 bits per heavy atom. The van der Waals surface area contributed by atoms with E-state index in [0.717, 1.165) is 71.2 Å². The Kier molecular flexibility index (Phi) is 25.8. The average Bonchev–Trinajstić information content (AvgIpc) is 4.09. The van der Waals surface area contributed by atoms with E-state index in [1.165, 1.54) is 41.3 Å². The van der Waals surface area contributed by atoms with Crippen LogP contribution in [0.25, 0.3) is 21.8 Å². The first-order chi connectivity index (χ1) is 34.6. The van der Waals surface area contributed by atoms with Crippen LogP contribution in [0.15, 0.2) is 78.9 Å². The Morgan fingerprint density at radius 2 is 1.09 bits per heavy atom. The van der Waals surface area contributed by atoms with Crippen molar-refractivity contribution in [1.82, 2.24) is 19.1 Å². The molecule has 2 heterocycles. The van der Waals surface area contributed by atoms with Crippen LogP contribution in [0, 0.1) is 63.8 Å². The molecule has 10 nitrogen and oxygen atoms in total. The van der Waals surface area contributed by atoms with Gasteiger partial charge in [0.2, 0.25) is 17.7 Å². The number of rotatable bonds is 11. The fourth-order valence-electron chi connectivity index (χ4n) is 6.14. The third kappa shape index (κ3) is 18.0. The number of nitrogens with one attached hydrogen (secondary N) is 4. The van der Waals surface area contributed by atoms with Crippen molar-refractivity contribution in [3.8, 4) is 0 Å². The lowest BCUT2D eigenvalue weighted by Gasteiger charge is -2.26. The summed E-state index contributed by atoms with van der Waals surface area (Å²) < 4.78 is 155. The van der Waals surface area contributed by atoms with E-state index < -0.39 is 72.4 Å². The second-order valence-electron chi connectivity index (χ2n) is 16.8. The van der Waals surface area contributed by atoms with E-state index in [1.807, 2.05) is 54.5 Å². The Bertz CT molecular complexity index is 2820. The zero-order chi connectivity index (χ0) is 57.1. The molecule has 6 aromatic rings. The maximum absolute atomic E-state index is 14.6. The van der Waals surface area contributed by atoms with Crippen molar-refractivity contribution in [2.24, 2.45) is 10.8 Å². The van der Waals surface area contributed by atoms with Crippen molar-refractivity contribution >= 4 is 57.5 Å². The van der Waals surface area contributed by atoms with Gasteiger partial charge < -0.3 is 9.80 Å². The molecule has 0 unspecified atom stereocenters. The normalized spacial score (nSPS) is 12.2. The van der Waals surface area contributed by atoms with Gasteiger partial charge in [0, 0.05) is 22.2 Å². The average molecular weight is 1060 g/mol. The molecular weight excluding hydrogens is 993 g/mol. The van der Waals surface area contributed by atoms with Gasteiger partial charge in [-0.2, -0.15) is 23.1 Å². The van der Waals surface area contributed by atoms with Gasteiger partial charge in [0.05, 0.1) is 47.6 Å². The van der Waals surface area contributed by atoms with Crippen molar-refractivity contribution in [2.45, 2.75) is 121 Å². The molecule has 7 rings (SSSR count). The maximum atomic E-state index is 14.6. The molecule has 1 aliphatic carbocycles. The molecule has 0 saturated heterocycles. The second kappa shape index (κ2) is 29.2. The molecule has 0 bridgehead atoms. The molecule has 0 radical (unpaired) electrons. The summed E-state index contributed by atoms with van der Waals surface area (Å²) in [5.74, 6) is -2.10. The Morgan fingerprint density at radius 1 is 0.622 bits per heavy atom. The van der Waals surface area contributed by atoms with E-state index in [-0.39, 0.29) is 44.7 Å². The van der Waals surface area contributed by atoms with E-state index in [9.17, 15) is 52.7 Å². The quantitative estimate of drug-likeness (QED) is 0.0583. The van der Waals surface area contributed by atoms with Gasteiger partial charge in [-0.15, -0.1) is 0 Å². The van der Waals surface area contributed by atoms with Gasteiger partial charge in [-0.3, -0.25) is 30.8 Å². The third-order valence-electron chi connectivity index (χ3n) is 10.3. The van der Waals surface area contributed by atoms with Crippen molar-refractivity contribution in [1.29, 1.82) is 21.6 Å². The second-order valence-corrected chi connectivity index (χ2v) is 16.8. The molecule has 4 aromatic carbocycles. The highest BCUT2D eigenvalue weighted by Crippen LogP contribution is 2.49. The summed E-state index contributed by atoms with van der Waals surface area (Å²) in [5, 5.41) is 31.0. The molecule has 4 N–H and O–H groups in total. The zero-order valence-corrected chi connectivity index (χ0v) is 43.4. The summed E-state index contributed by atoms with van der Waals surface area (Å²) in [6.45, 7) is 19.0. The lowest BCUT2D eigenvalue weighted by Crippen LogP contribution is -2.31. The standard InChI is InChI=1S/C18H15F4N5.C18H16F3N5.C5H9F3.C5H8F2.3C2H6/c1-10-4-12(20)6-13(5-10)26(8-16(21)22)17-14-7-11(19)2-3-15(14)27(9-23)18(24)25-17;1-11-4-2-5-12(8-11)25(9-15(20)21)17-16-13(19)6-3-7-14(16)26(10-22)18(23)24-17;1-4(2,3)5(6,7)8;1-5(2-3-5)4(6)7;3*1-2/h2-7,9,16,23-24H,8H2,1H3;2-8,10,15,22-23H,9H2,1H3;1-3H3;4H,2-3H2,1H3;3*1-2H3. The number of nitrogens with zero attached hydrogens (tertiary/aromatic N) is 6. The van der Waals surface area contributed by atoms with Crippen molar-refractivity contribution in [3.05, 3.63) is 119 Å². The van der Waals surface area contributed by atoms with Gasteiger partial charge in [-0.05, 0) is 98.5 Å². The first-order valence-corrected chi connectivity index (χ1v) is 23.5. The lowest BCUT2D eigenvalue weighted by molar-refractivity contribution is -0.204. The molecule has 0 spiro atoms. The molecule has 1 aliphatic rings. The fraction of sp³-hybridized carbons (Fsp3) is 0.423. The number of alkyl halides is 9. The number of benzene rings is 4. The summed E-state index contributed by atoms with van der Waals surface area (Å²) in [7, 11) is 0. The SMILES string of the molecule is CC.CC.CC.CC(C)(C)C(F)(F)F.CC1(C(F)F)CC1.Cc1cc(F)cc(N(CC(F)F)c2nc(=N)n(C=N)c3ccc(F)cc23)c1.Cc1cccc(N(CC(F)F)c2nc(=N)n(C=N)c3cccc(F)c23)c1. The van der Waals surface area contributed by atoms with Gasteiger partial charge in [0.25, 0.3) is 12.9 Å². The predicted molar refractivity (Wildman–Crippen MR) is 271 cm³/mol. The molecular formula is C52H66F12N10. The molecule has 408 valence electrons. The van der Waals surface area contributed by atoms with E-state index in [0.29, 0.717) is 24.1 Å². The number of halogens is 12. The van der Waals surface area contributed by atoms with Crippen LogP contribution >= 0.6 is 0 Å². The fourth-order valence-corrected chi connectivity index (χ4v) is 6.14. The van der Waals surface area contributed by atoms with Crippen LogP contribution in [0.3, 0.4) is 0 Å². The van der Waals surface area contributed by atoms with E-state index >= 15 is 0 Å². The Balaban J connectivity index is 0.000000537. The summed E-state index contributed by atoms with van der Waals surface area (Å²) >= 11 is 0. The number of hydrogen-bond acceptors (Lipinski definition) is 8. The van der Waals surface area contributed by atoms with Gasteiger partial charge in [-0.1, -0.05) is 87.4 Å². The van der Waals surface area contributed by atoms with Crippen molar-refractivity contribution < 1.29 is 52.7 Å². The molecule has 0 aliphatic heterocycles. The number of fused-ring (bicyclic) bond motifs is 2. The van der Waals surface area contributed by atoms with E-state index in [4.69, 9.17) is 21.6 Å². The minimum atomic E-state index is -4.06. The smallest absolute Gasteiger partial charge is 0.320 e. The monoisotopic (exact) mass is 1060 g/mol. The lowest BCUT2D eigenvalue weighted by atomic mass is 9.96. The third-order valence-corrected chi connectivity index (χ3v) is 10.3. The molecule has 74 heavy (non-hydrogen) atoms. The van der Waals surface area contributed by atoms with E-state index in [1.54, 1.807) is 32.0 Å². The summed E-state index contributed by atoms with van der Waals surface area (Å²) in [6, 6.07) is 18.4. The number of anilines is 4. The molecule has 0 amide bonds. The molecule has 0 atom stereocenters. The number of hydrogen-bond donors (Lipinski definition) is 4. The number of aryl methyl sites for hydroxylation is 2. The van der Waals surface area contributed by atoms with Crippen LogP contribution < -0.4 is 21.0 Å². The summed E-state index contributed by atoms with van der Waals surface area (Å²) in [5.41, 5.74) is -0.540. The molecule has 1 fully saturated rings. The minimum absolute atomic E-state index is 0.0193. The highest BCUT2D eigenvalue weighted by molar-refractivity contribution is 5.95. The minimum Gasteiger partial charge on any atom is -0.320 e. The predicted octanol–water partition coefficient (Wildman–Crippen LogP) is 15.5. The van der Waals surface area contributed by atoms with Gasteiger partial charge in [0.1, 0.15) is 29.1 Å². The van der Waals surface area contributed by atoms with Gasteiger partial charge in [-0.25, -0.2) is 39.5 Å². The Hall–Kier alpha value is -6.74. The topological polar surface area (TPSA) is 138 Å². The molecule has 2 aromatic heterocycles. The van der Waals surface area contributed by atoms with Crippen LogP contribution in [0.4, 0.5) is 75.7 Å². The maximum Gasteiger partial charge on any atom is 0.393 e. The molecule has 22 heteroatoms. The van der Waals surface area contributed by atoms with Crippen molar-refractivity contribution in [2.75, 3.05) is 22.9 Å². The zero-order valence-electron chi connectivity index (χ0n) is 43.4. The largest absolute Gasteiger partial charge is 0.393 e. The Labute approximate surface area is 423 Å². The van der Waals surface area contributed by atoms with Crippen LogP contribution in [0.2, 0.25) is 0 Å². The number of aromatic nitrogens is 4. The van der Waals surface area contributed by atoms with Gasteiger partial charge in [0.15, 0.2) is 0 Å². The molecule has 1 saturated carbocycles. The van der Waals surface area contributed by atoms with Crippen molar-refractivity contribution in [3.63, 3.8) is 0 Å². The van der Waals surface area contributed by atoms with Crippen LogP contribution in [0.5, 0.6) is 0 Å². The summed E-state index contributed by atoms with van der Waals surface area (Å²) in [6.07, 6.45) is -8.55. The van der Waals surface area contributed by atoms with Gasteiger partial charge >= 0.3 is 6.18 Å².